The van der Waals surface area contributed by atoms with Gasteiger partial charge in [-0.3, -0.25) is 0 Å². The second-order valence-electron chi connectivity index (χ2n) is 6.40. The molecule has 4 rings (SSSR count). The van der Waals surface area contributed by atoms with E-state index < -0.39 is 0 Å². The SMILES string of the molecule is Cc1ccccc1-n1nc(C#N)c(N2CCC(c3ccccc3)C2)n1. The molecule has 3 aromatic rings. The van der Waals surface area contributed by atoms with Gasteiger partial charge in [-0.25, -0.2) is 0 Å². The predicted molar refractivity (Wildman–Crippen MR) is 96.8 cm³/mol. The highest BCUT2D eigenvalue weighted by atomic mass is 15.5. The Bertz CT molecular complexity index is 923. The first-order valence-electron chi connectivity index (χ1n) is 8.49. The van der Waals surface area contributed by atoms with Crippen molar-refractivity contribution in [3.8, 4) is 11.8 Å². The van der Waals surface area contributed by atoms with Crippen LogP contribution in [0.5, 0.6) is 0 Å². The van der Waals surface area contributed by atoms with Gasteiger partial charge in [-0.05, 0) is 30.5 Å². The van der Waals surface area contributed by atoms with Gasteiger partial charge in [0.15, 0.2) is 5.82 Å². The molecule has 1 atom stereocenters. The number of rotatable bonds is 3. The zero-order chi connectivity index (χ0) is 17.2. The van der Waals surface area contributed by atoms with Gasteiger partial charge in [0.2, 0.25) is 5.69 Å². The Hall–Kier alpha value is -3.13. The van der Waals surface area contributed by atoms with Crippen LogP contribution in [0.2, 0.25) is 0 Å². The third-order valence-electron chi connectivity index (χ3n) is 4.79. The molecule has 0 amide bonds. The number of hydrogen-bond acceptors (Lipinski definition) is 4. The average Bonchev–Trinajstić information content (AvgIpc) is 3.29. The van der Waals surface area contributed by atoms with Crippen LogP contribution in [0.15, 0.2) is 54.6 Å². The van der Waals surface area contributed by atoms with Crippen LogP contribution in [0, 0.1) is 18.3 Å². The van der Waals surface area contributed by atoms with Gasteiger partial charge in [-0.15, -0.1) is 15.0 Å². The Morgan fingerprint density at radius 1 is 1.04 bits per heavy atom. The molecule has 0 N–H and O–H groups in total. The molecule has 0 bridgehead atoms. The molecule has 25 heavy (non-hydrogen) atoms. The zero-order valence-electron chi connectivity index (χ0n) is 14.1. The summed E-state index contributed by atoms with van der Waals surface area (Å²) in [5, 5.41) is 18.5. The van der Waals surface area contributed by atoms with Crippen molar-refractivity contribution in [2.75, 3.05) is 18.0 Å². The Balaban J connectivity index is 1.63. The molecule has 124 valence electrons. The van der Waals surface area contributed by atoms with Crippen LogP contribution in [-0.4, -0.2) is 28.1 Å². The van der Waals surface area contributed by atoms with Crippen LogP contribution in [0.4, 0.5) is 5.82 Å². The van der Waals surface area contributed by atoms with E-state index in [4.69, 9.17) is 0 Å². The van der Waals surface area contributed by atoms with Crippen LogP contribution in [-0.2, 0) is 0 Å². The van der Waals surface area contributed by atoms with Crippen LogP contribution < -0.4 is 4.90 Å². The lowest BCUT2D eigenvalue weighted by Gasteiger charge is -2.15. The smallest absolute Gasteiger partial charge is 0.207 e. The number of aromatic nitrogens is 3. The van der Waals surface area contributed by atoms with Crippen molar-refractivity contribution in [1.29, 1.82) is 5.26 Å². The summed E-state index contributed by atoms with van der Waals surface area (Å²) in [5.74, 6) is 1.15. The zero-order valence-corrected chi connectivity index (χ0v) is 14.1. The predicted octanol–water partition coefficient (Wildman–Crippen LogP) is 3.44. The van der Waals surface area contributed by atoms with Crippen LogP contribution in [0.25, 0.3) is 5.69 Å². The molecular formula is C20H19N5. The number of aryl methyl sites for hydroxylation is 1. The summed E-state index contributed by atoms with van der Waals surface area (Å²) in [6, 6.07) is 20.7. The molecule has 2 aromatic carbocycles. The number of anilines is 1. The van der Waals surface area contributed by atoms with Gasteiger partial charge in [-0.2, -0.15) is 5.26 Å². The first-order valence-corrected chi connectivity index (χ1v) is 8.49. The lowest BCUT2D eigenvalue weighted by molar-refractivity contribution is 0.737. The number of para-hydroxylation sites is 1. The number of benzene rings is 2. The maximum atomic E-state index is 9.50. The molecule has 5 heteroatoms. The summed E-state index contributed by atoms with van der Waals surface area (Å²) in [4.78, 5) is 3.76. The first kappa shape index (κ1) is 15.4. The molecule has 0 radical (unpaired) electrons. The van der Waals surface area contributed by atoms with Crippen molar-refractivity contribution >= 4 is 5.82 Å². The van der Waals surface area contributed by atoms with E-state index in [9.17, 15) is 5.26 Å². The summed E-state index contributed by atoms with van der Waals surface area (Å²) in [5.41, 5.74) is 3.72. The fourth-order valence-corrected chi connectivity index (χ4v) is 3.43. The molecule has 1 aliphatic rings. The fraction of sp³-hybridized carbons (Fsp3) is 0.250. The minimum Gasteiger partial charge on any atom is -0.352 e. The second kappa shape index (κ2) is 6.40. The van der Waals surface area contributed by atoms with Crippen molar-refractivity contribution in [2.24, 2.45) is 0 Å². The van der Waals surface area contributed by atoms with Crippen LogP contribution >= 0.6 is 0 Å². The van der Waals surface area contributed by atoms with E-state index in [1.807, 2.05) is 37.3 Å². The third kappa shape index (κ3) is 2.87. The van der Waals surface area contributed by atoms with E-state index in [1.54, 1.807) is 4.80 Å². The van der Waals surface area contributed by atoms with Gasteiger partial charge < -0.3 is 4.90 Å². The third-order valence-corrected chi connectivity index (χ3v) is 4.79. The topological polar surface area (TPSA) is 57.7 Å². The Morgan fingerprint density at radius 3 is 2.56 bits per heavy atom. The van der Waals surface area contributed by atoms with Gasteiger partial charge >= 0.3 is 0 Å². The van der Waals surface area contributed by atoms with Crippen LogP contribution in [0.3, 0.4) is 0 Å². The molecule has 0 spiro atoms. The summed E-state index contributed by atoms with van der Waals surface area (Å²) >= 11 is 0. The quantitative estimate of drug-likeness (QED) is 0.738. The van der Waals surface area contributed by atoms with Gasteiger partial charge in [0.05, 0.1) is 5.69 Å². The number of nitriles is 1. The van der Waals surface area contributed by atoms with E-state index in [2.05, 4.69) is 45.4 Å². The van der Waals surface area contributed by atoms with Gasteiger partial charge in [0.1, 0.15) is 6.07 Å². The van der Waals surface area contributed by atoms with Gasteiger partial charge in [0, 0.05) is 19.0 Å². The second-order valence-corrected chi connectivity index (χ2v) is 6.40. The normalized spacial score (nSPS) is 16.8. The summed E-state index contributed by atoms with van der Waals surface area (Å²) in [6.07, 6.45) is 1.06. The molecule has 1 unspecified atom stereocenters. The highest BCUT2D eigenvalue weighted by Gasteiger charge is 2.28. The highest BCUT2D eigenvalue weighted by molar-refractivity contribution is 5.52. The van der Waals surface area contributed by atoms with E-state index in [0.29, 0.717) is 17.4 Å². The molecule has 0 aliphatic carbocycles. The summed E-state index contributed by atoms with van der Waals surface area (Å²) in [7, 11) is 0. The van der Waals surface area contributed by atoms with Crippen molar-refractivity contribution in [3.05, 3.63) is 71.4 Å². The van der Waals surface area contributed by atoms with Gasteiger partial charge in [0.25, 0.3) is 0 Å². The molecule has 1 saturated heterocycles. The van der Waals surface area contributed by atoms with Gasteiger partial charge in [-0.1, -0.05) is 48.5 Å². The molecular weight excluding hydrogens is 310 g/mol. The van der Waals surface area contributed by atoms with E-state index in [0.717, 1.165) is 30.8 Å². The fourth-order valence-electron chi connectivity index (χ4n) is 3.43. The molecule has 5 nitrogen and oxygen atoms in total. The van der Waals surface area contributed by atoms with Crippen molar-refractivity contribution < 1.29 is 0 Å². The maximum absolute atomic E-state index is 9.50. The molecule has 2 heterocycles. The monoisotopic (exact) mass is 329 g/mol. The average molecular weight is 329 g/mol. The summed E-state index contributed by atoms with van der Waals surface area (Å²) in [6.45, 7) is 3.78. The Morgan fingerprint density at radius 2 is 1.80 bits per heavy atom. The number of hydrogen-bond donors (Lipinski definition) is 0. The lowest BCUT2D eigenvalue weighted by atomic mass is 9.99. The first-order chi connectivity index (χ1) is 12.3. The van der Waals surface area contributed by atoms with E-state index in [-0.39, 0.29) is 0 Å². The summed E-state index contributed by atoms with van der Waals surface area (Å²) < 4.78 is 0. The Labute approximate surface area is 147 Å². The highest BCUT2D eigenvalue weighted by Crippen LogP contribution is 2.31. The molecule has 1 fully saturated rings. The largest absolute Gasteiger partial charge is 0.352 e. The molecule has 0 saturated carbocycles. The molecule has 1 aliphatic heterocycles. The Kier molecular flexibility index (Phi) is 3.95. The molecule has 1 aromatic heterocycles. The van der Waals surface area contributed by atoms with E-state index in [1.165, 1.54) is 5.56 Å². The van der Waals surface area contributed by atoms with E-state index >= 15 is 0 Å². The number of nitrogens with zero attached hydrogens (tertiary/aromatic N) is 5. The van der Waals surface area contributed by atoms with Crippen molar-refractivity contribution in [1.82, 2.24) is 15.0 Å². The van der Waals surface area contributed by atoms with Crippen molar-refractivity contribution in [2.45, 2.75) is 19.3 Å². The van der Waals surface area contributed by atoms with Crippen LogP contribution in [0.1, 0.15) is 29.2 Å². The van der Waals surface area contributed by atoms with Crippen molar-refractivity contribution in [3.63, 3.8) is 0 Å². The minimum atomic E-state index is 0.386. The lowest BCUT2D eigenvalue weighted by Crippen LogP contribution is -2.20. The minimum absolute atomic E-state index is 0.386. The maximum Gasteiger partial charge on any atom is 0.207 e. The standard InChI is InChI=1S/C20H19N5/c1-15-7-5-6-10-19(15)25-22-18(13-21)20(23-25)24-12-11-17(14-24)16-8-3-2-4-9-16/h2-10,17H,11-12,14H2,1H3.